The van der Waals surface area contributed by atoms with Gasteiger partial charge >= 0.3 is 0 Å². The Bertz CT molecular complexity index is 2110. The summed E-state index contributed by atoms with van der Waals surface area (Å²) in [5.74, 6) is 0.609. The highest BCUT2D eigenvalue weighted by atomic mass is 79.9. The summed E-state index contributed by atoms with van der Waals surface area (Å²) in [5.41, 5.74) is 3.27. The number of aryl methyl sites for hydroxylation is 2. The summed E-state index contributed by atoms with van der Waals surface area (Å²) in [6.45, 7) is 9.41. The number of halogens is 1. The van der Waals surface area contributed by atoms with Gasteiger partial charge in [-0.3, -0.25) is 28.7 Å². The number of hydrogen-bond donors (Lipinski definition) is 1. The molecule has 14 nitrogen and oxygen atoms in total. The molecule has 7 rings (SSSR count). The molecule has 0 aromatic carbocycles. The van der Waals surface area contributed by atoms with Crippen LogP contribution in [0.1, 0.15) is 73.5 Å². The Hall–Kier alpha value is -4.92. The number of aromatic nitrogens is 9. The molecule has 5 aromatic heterocycles. The summed E-state index contributed by atoms with van der Waals surface area (Å²) in [7, 11) is 0. The zero-order chi connectivity index (χ0) is 34.6. The van der Waals surface area contributed by atoms with Crippen LogP contribution in [0.25, 0.3) is 22.2 Å². The first-order valence-electron chi connectivity index (χ1n) is 16.2. The van der Waals surface area contributed by atoms with Crippen LogP contribution in [0, 0.1) is 19.3 Å². The van der Waals surface area contributed by atoms with E-state index in [1.165, 1.54) is 11.6 Å². The van der Waals surface area contributed by atoms with Crippen LogP contribution in [0.4, 0.5) is 5.82 Å². The van der Waals surface area contributed by atoms with Crippen molar-refractivity contribution in [3.63, 3.8) is 0 Å². The highest BCUT2D eigenvalue weighted by molar-refractivity contribution is 9.10. The molecule has 252 valence electrons. The van der Waals surface area contributed by atoms with Gasteiger partial charge in [-0.05, 0) is 73.7 Å². The molecule has 0 spiro atoms. The van der Waals surface area contributed by atoms with E-state index in [1.807, 2.05) is 30.8 Å². The van der Waals surface area contributed by atoms with E-state index in [0.717, 1.165) is 24.1 Å². The smallest absolute Gasteiger partial charge is 0.248 e. The third kappa shape index (κ3) is 6.34. The van der Waals surface area contributed by atoms with E-state index < -0.39 is 11.5 Å². The number of nitrogens with zero attached hydrogens (tertiary/aromatic N) is 10. The maximum Gasteiger partial charge on any atom is 0.248 e. The number of rotatable bonds is 9. The molecule has 2 aliphatic rings. The van der Waals surface area contributed by atoms with Gasteiger partial charge in [0.25, 0.3) is 0 Å². The fourth-order valence-corrected chi connectivity index (χ4v) is 6.93. The normalized spacial score (nSPS) is 20.6. The van der Waals surface area contributed by atoms with Crippen LogP contribution in [-0.4, -0.2) is 79.3 Å². The first-order valence-corrected chi connectivity index (χ1v) is 17.0. The van der Waals surface area contributed by atoms with Gasteiger partial charge in [0.2, 0.25) is 11.8 Å². The Morgan fingerprint density at radius 1 is 1.08 bits per heavy atom. The molecule has 1 saturated carbocycles. The Morgan fingerprint density at radius 2 is 1.84 bits per heavy atom. The maximum absolute atomic E-state index is 14.4. The van der Waals surface area contributed by atoms with E-state index in [2.05, 4.69) is 63.5 Å². The number of hydrogen-bond acceptors (Lipinski definition) is 10. The topological polar surface area (TPSA) is 167 Å². The van der Waals surface area contributed by atoms with Gasteiger partial charge in [-0.1, -0.05) is 18.2 Å². The average molecular weight is 727 g/mol. The minimum atomic E-state index is -0.806. The summed E-state index contributed by atoms with van der Waals surface area (Å²) in [6, 6.07) is 4.27. The van der Waals surface area contributed by atoms with Crippen LogP contribution in [-0.2, 0) is 22.7 Å². The van der Waals surface area contributed by atoms with E-state index >= 15 is 0 Å². The second-order valence-electron chi connectivity index (χ2n) is 13.4. The molecular formula is C34H36BrN11O3. The number of ketones is 1. The molecule has 0 radical (unpaired) electrons. The van der Waals surface area contributed by atoms with Gasteiger partial charge in [-0.2, -0.15) is 5.10 Å². The lowest BCUT2D eigenvalue weighted by Crippen LogP contribution is -2.48. The number of pyridine rings is 2. The molecule has 5 aromatic rings. The van der Waals surface area contributed by atoms with E-state index in [4.69, 9.17) is 0 Å². The quantitative estimate of drug-likeness (QED) is 0.167. The van der Waals surface area contributed by atoms with Crippen LogP contribution >= 0.6 is 15.9 Å². The van der Waals surface area contributed by atoms with Crippen LogP contribution in [0.5, 0.6) is 0 Å². The number of carbonyl (C=O) groups excluding carboxylic acids is 3. The lowest BCUT2D eigenvalue weighted by atomic mass is 9.82. The van der Waals surface area contributed by atoms with Crippen molar-refractivity contribution in [2.24, 2.45) is 5.41 Å². The molecule has 1 aliphatic carbocycles. The lowest BCUT2D eigenvalue weighted by molar-refractivity contribution is -0.139. The SMILES string of the molecule is CC(=O)c1nn(CC(=O)N2[C@H](C(=O)Nc3nc(Br)ccc3C)C[C@](C)(Cn3cc(C4CC4)nn3)[C@H]2C)c2cnc(-c3cnc(C)nc3)cc12. The summed E-state index contributed by atoms with van der Waals surface area (Å²) in [4.78, 5) is 60.4. The molecule has 6 heterocycles. The van der Waals surface area contributed by atoms with Crippen LogP contribution in [0.3, 0.4) is 0 Å². The summed E-state index contributed by atoms with van der Waals surface area (Å²) >= 11 is 3.39. The van der Waals surface area contributed by atoms with Crippen LogP contribution in [0.15, 0.2) is 47.6 Å². The molecule has 1 saturated heterocycles. The number of carbonyl (C=O) groups is 3. The molecule has 3 atom stereocenters. The minimum absolute atomic E-state index is 0.202. The number of likely N-dealkylation sites (tertiary alicyclic amines) is 1. The molecule has 0 unspecified atom stereocenters. The standard InChI is InChI=1S/C34H36BrN11O3/c1-18-6-9-29(35)39-32(18)40-33(49)27-11-34(5,17-44-15-26(41-43-44)22-7-8-22)20(3)46(27)30(48)16-45-28-14-38-25(23-12-36-21(4)37-13-23)10-24(28)31(42-45)19(2)47/h6,9-10,12-15,20,22,27H,7-8,11,16-17H2,1-5H3,(H,39,40,49)/t20-,27+,34-/m1/s1. The Balaban J connectivity index is 1.21. The number of amides is 2. The Labute approximate surface area is 290 Å². The second-order valence-corrected chi connectivity index (χ2v) is 14.2. The summed E-state index contributed by atoms with van der Waals surface area (Å²) in [5, 5.41) is 16.9. The fraction of sp³-hybridized carbons (Fsp3) is 0.412. The molecule has 1 N–H and O–H groups in total. The van der Waals surface area contributed by atoms with Gasteiger partial charge in [-0.15, -0.1) is 5.10 Å². The predicted octanol–water partition coefficient (Wildman–Crippen LogP) is 4.67. The van der Waals surface area contributed by atoms with Crippen molar-refractivity contribution in [1.82, 2.24) is 49.6 Å². The average Bonchev–Trinajstić information content (AvgIpc) is 3.62. The zero-order valence-corrected chi connectivity index (χ0v) is 29.5. The highest BCUT2D eigenvalue weighted by Crippen LogP contribution is 2.43. The molecular weight excluding hydrogens is 690 g/mol. The van der Waals surface area contributed by atoms with Crippen molar-refractivity contribution < 1.29 is 14.4 Å². The highest BCUT2D eigenvalue weighted by Gasteiger charge is 2.52. The Kier molecular flexibility index (Phi) is 8.33. The predicted molar refractivity (Wildman–Crippen MR) is 183 cm³/mol. The first kappa shape index (κ1) is 32.6. The number of anilines is 1. The zero-order valence-electron chi connectivity index (χ0n) is 27.9. The molecule has 15 heteroatoms. The third-order valence-electron chi connectivity index (χ3n) is 9.72. The summed E-state index contributed by atoms with van der Waals surface area (Å²) < 4.78 is 3.91. The lowest BCUT2D eigenvalue weighted by Gasteiger charge is -2.33. The Morgan fingerprint density at radius 3 is 2.55 bits per heavy atom. The largest absolute Gasteiger partial charge is 0.326 e. The van der Waals surface area contributed by atoms with E-state index in [9.17, 15) is 14.4 Å². The van der Waals surface area contributed by atoms with Crippen molar-refractivity contribution in [1.29, 1.82) is 0 Å². The molecule has 2 amide bonds. The minimum Gasteiger partial charge on any atom is -0.326 e. The number of nitrogens with one attached hydrogen (secondary N) is 1. The maximum atomic E-state index is 14.4. The number of fused-ring (bicyclic) bond motifs is 1. The number of Topliss-reactive ketones (excluding diaryl/α,β-unsaturated/α-hetero) is 1. The monoisotopic (exact) mass is 725 g/mol. The molecule has 0 bridgehead atoms. The van der Waals surface area contributed by atoms with Crippen molar-refractivity contribution in [3.05, 3.63) is 70.4 Å². The van der Waals surface area contributed by atoms with E-state index in [1.54, 1.807) is 42.5 Å². The first-order chi connectivity index (χ1) is 23.4. The van der Waals surface area contributed by atoms with Crippen LogP contribution in [0.2, 0.25) is 0 Å². The third-order valence-corrected chi connectivity index (χ3v) is 10.2. The van der Waals surface area contributed by atoms with E-state index in [-0.39, 0.29) is 35.9 Å². The molecule has 2 fully saturated rings. The fourth-order valence-electron chi connectivity index (χ4n) is 6.63. The van der Waals surface area contributed by atoms with Crippen molar-refractivity contribution in [3.8, 4) is 11.3 Å². The molecule has 49 heavy (non-hydrogen) atoms. The van der Waals surface area contributed by atoms with Gasteiger partial charge in [0.15, 0.2) is 5.78 Å². The summed E-state index contributed by atoms with van der Waals surface area (Å²) in [6.07, 6.45) is 9.54. The van der Waals surface area contributed by atoms with Crippen molar-refractivity contribution in [2.45, 2.75) is 85.0 Å². The van der Waals surface area contributed by atoms with E-state index in [0.29, 0.717) is 57.3 Å². The molecule has 1 aliphatic heterocycles. The van der Waals surface area contributed by atoms with Gasteiger partial charge in [0.1, 0.15) is 34.5 Å². The van der Waals surface area contributed by atoms with Gasteiger partial charge in [0.05, 0.1) is 29.6 Å². The second kappa shape index (κ2) is 12.5. The van der Waals surface area contributed by atoms with Crippen molar-refractivity contribution in [2.75, 3.05) is 5.32 Å². The van der Waals surface area contributed by atoms with Crippen LogP contribution < -0.4 is 5.32 Å². The van der Waals surface area contributed by atoms with Gasteiger partial charge in [0, 0.05) is 53.8 Å². The van der Waals surface area contributed by atoms with Gasteiger partial charge < -0.3 is 10.2 Å². The van der Waals surface area contributed by atoms with Gasteiger partial charge in [-0.25, -0.2) is 15.0 Å². The van der Waals surface area contributed by atoms with Crippen molar-refractivity contribution >= 4 is 50.2 Å².